The Morgan fingerprint density at radius 2 is 1.95 bits per heavy atom. The van der Waals surface area contributed by atoms with Crippen LogP contribution in [-0.2, 0) is 0 Å². The molecule has 0 aliphatic rings. The van der Waals surface area contributed by atoms with Crippen LogP contribution in [0, 0.1) is 5.82 Å². The van der Waals surface area contributed by atoms with Crippen molar-refractivity contribution >= 4 is 22.2 Å². The topological polar surface area (TPSA) is 37.8 Å². The van der Waals surface area contributed by atoms with Crippen LogP contribution in [-0.4, -0.2) is 9.97 Å². The van der Waals surface area contributed by atoms with E-state index in [9.17, 15) is 4.39 Å². The first-order valence-corrected chi connectivity index (χ1v) is 6.58. The summed E-state index contributed by atoms with van der Waals surface area (Å²) in [7, 11) is 0. The minimum atomic E-state index is -0.249. The molecule has 3 aromatic rings. The van der Waals surface area contributed by atoms with Gasteiger partial charge in [-0.1, -0.05) is 0 Å². The van der Waals surface area contributed by atoms with Crippen molar-refractivity contribution in [2.45, 2.75) is 0 Å². The number of nitrogens with one attached hydrogen (secondary N) is 1. The fourth-order valence-electron chi connectivity index (χ4n) is 1.63. The molecular weight excluding hydrogens is 261 g/mol. The maximum Gasteiger partial charge on any atom is 0.187 e. The van der Waals surface area contributed by atoms with Gasteiger partial charge in [0.15, 0.2) is 5.13 Å². The number of aromatic nitrogens is 2. The fourth-order valence-corrected chi connectivity index (χ4v) is 2.37. The number of hydrogen-bond donors (Lipinski definition) is 1. The molecule has 1 N–H and O–H groups in total. The van der Waals surface area contributed by atoms with Crippen LogP contribution in [0.3, 0.4) is 0 Å². The number of anilines is 2. The molecular formula is C14H10FN3S. The van der Waals surface area contributed by atoms with Gasteiger partial charge in [0, 0.05) is 29.0 Å². The van der Waals surface area contributed by atoms with Crippen LogP contribution in [0.4, 0.5) is 15.2 Å². The summed E-state index contributed by atoms with van der Waals surface area (Å²) in [5.41, 5.74) is 2.67. The highest BCUT2D eigenvalue weighted by Crippen LogP contribution is 2.26. The van der Waals surface area contributed by atoms with E-state index in [0.717, 1.165) is 22.1 Å². The molecule has 0 atom stereocenters. The first-order chi connectivity index (χ1) is 9.31. The van der Waals surface area contributed by atoms with Gasteiger partial charge in [0.2, 0.25) is 0 Å². The summed E-state index contributed by atoms with van der Waals surface area (Å²) >= 11 is 1.50. The average Bonchev–Trinajstić information content (AvgIpc) is 2.91. The van der Waals surface area contributed by atoms with Crippen LogP contribution in [0.2, 0.25) is 0 Å². The smallest absolute Gasteiger partial charge is 0.187 e. The molecule has 0 amide bonds. The van der Waals surface area contributed by atoms with Crippen molar-refractivity contribution in [2.75, 3.05) is 5.32 Å². The second kappa shape index (κ2) is 5.16. The molecule has 19 heavy (non-hydrogen) atoms. The summed E-state index contributed by atoms with van der Waals surface area (Å²) in [6.45, 7) is 0. The van der Waals surface area contributed by atoms with E-state index in [1.807, 2.05) is 17.5 Å². The third-order valence-corrected chi connectivity index (χ3v) is 3.31. The highest BCUT2D eigenvalue weighted by atomic mass is 32.1. The van der Waals surface area contributed by atoms with E-state index < -0.39 is 0 Å². The van der Waals surface area contributed by atoms with Crippen LogP contribution in [0.15, 0.2) is 54.2 Å². The second-order valence-electron chi connectivity index (χ2n) is 3.91. The van der Waals surface area contributed by atoms with Crippen molar-refractivity contribution in [3.05, 3.63) is 60.0 Å². The van der Waals surface area contributed by atoms with Gasteiger partial charge in [-0.15, -0.1) is 11.3 Å². The zero-order valence-corrected chi connectivity index (χ0v) is 10.7. The van der Waals surface area contributed by atoms with Crippen molar-refractivity contribution in [1.29, 1.82) is 0 Å². The third kappa shape index (κ3) is 2.77. The van der Waals surface area contributed by atoms with Gasteiger partial charge in [-0.25, -0.2) is 9.37 Å². The number of rotatable bonds is 3. The van der Waals surface area contributed by atoms with Crippen molar-refractivity contribution < 1.29 is 4.39 Å². The molecule has 2 heterocycles. The van der Waals surface area contributed by atoms with Crippen LogP contribution >= 0.6 is 11.3 Å². The first-order valence-electron chi connectivity index (χ1n) is 5.70. The highest BCUT2D eigenvalue weighted by Gasteiger charge is 2.04. The van der Waals surface area contributed by atoms with Gasteiger partial charge < -0.3 is 5.32 Å². The van der Waals surface area contributed by atoms with Crippen LogP contribution < -0.4 is 5.32 Å². The Morgan fingerprint density at radius 1 is 1.11 bits per heavy atom. The Kier molecular flexibility index (Phi) is 3.20. The summed E-state index contributed by atoms with van der Waals surface area (Å²) in [5, 5.41) is 5.87. The Hall–Kier alpha value is -2.27. The van der Waals surface area contributed by atoms with Crippen molar-refractivity contribution in [2.24, 2.45) is 0 Å². The van der Waals surface area contributed by atoms with Crippen LogP contribution in [0.5, 0.6) is 0 Å². The van der Waals surface area contributed by atoms with E-state index in [2.05, 4.69) is 15.3 Å². The molecule has 94 valence electrons. The van der Waals surface area contributed by atoms with Gasteiger partial charge in [-0.3, -0.25) is 4.98 Å². The van der Waals surface area contributed by atoms with Crippen molar-refractivity contribution in [3.63, 3.8) is 0 Å². The minimum absolute atomic E-state index is 0.249. The van der Waals surface area contributed by atoms with E-state index in [4.69, 9.17) is 0 Å². The van der Waals surface area contributed by atoms with E-state index in [0.29, 0.717) is 0 Å². The molecule has 0 bridgehead atoms. The predicted octanol–water partition coefficient (Wildman–Crippen LogP) is 4.09. The minimum Gasteiger partial charge on any atom is -0.332 e. The molecule has 0 spiro atoms. The number of hydrogen-bond acceptors (Lipinski definition) is 4. The molecule has 3 rings (SSSR count). The van der Waals surface area contributed by atoms with E-state index in [1.165, 1.54) is 23.5 Å². The molecule has 2 aromatic heterocycles. The molecule has 0 saturated carbocycles. The Balaban J connectivity index is 1.80. The molecule has 0 fully saturated rings. The lowest BCUT2D eigenvalue weighted by atomic mass is 10.2. The molecule has 0 saturated heterocycles. The van der Waals surface area contributed by atoms with Crippen LogP contribution in [0.1, 0.15) is 0 Å². The number of pyridine rings is 1. The molecule has 1 aromatic carbocycles. The molecule has 0 radical (unpaired) electrons. The van der Waals surface area contributed by atoms with Gasteiger partial charge in [-0.2, -0.15) is 0 Å². The van der Waals surface area contributed by atoms with Crippen molar-refractivity contribution in [3.8, 4) is 11.3 Å². The molecule has 0 aliphatic heterocycles. The normalized spacial score (nSPS) is 10.4. The summed E-state index contributed by atoms with van der Waals surface area (Å²) in [6, 6.07) is 10.0. The van der Waals surface area contributed by atoms with Gasteiger partial charge in [0.1, 0.15) is 5.82 Å². The van der Waals surface area contributed by atoms with Gasteiger partial charge in [-0.05, 0) is 36.4 Å². The monoisotopic (exact) mass is 271 g/mol. The van der Waals surface area contributed by atoms with Crippen LogP contribution in [0.25, 0.3) is 11.3 Å². The fraction of sp³-hybridized carbons (Fsp3) is 0. The second-order valence-corrected chi connectivity index (χ2v) is 4.77. The average molecular weight is 271 g/mol. The zero-order valence-electron chi connectivity index (χ0n) is 9.88. The SMILES string of the molecule is Fc1ccc(Nc2nc(-c3cccnc3)cs2)cc1. The lowest BCUT2D eigenvalue weighted by molar-refractivity contribution is 0.628. The number of benzene rings is 1. The summed E-state index contributed by atoms with van der Waals surface area (Å²) in [4.78, 5) is 8.54. The van der Waals surface area contributed by atoms with Gasteiger partial charge in [0.25, 0.3) is 0 Å². The lowest BCUT2D eigenvalue weighted by Gasteiger charge is -2.01. The number of halogens is 1. The number of nitrogens with zero attached hydrogens (tertiary/aromatic N) is 2. The predicted molar refractivity (Wildman–Crippen MR) is 75.0 cm³/mol. The van der Waals surface area contributed by atoms with E-state index >= 15 is 0 Å². The van der Waals surface area contributed by atoms with Gasteiger partial charge >= 0.3 is 0 Å². The highest BCUT2D eigenvalue weighted by molar-refractivity contribution is 7.14. The third-order valence-electron chi connectivity index (χ3n) is 2.56. The summed E-state index contributed by atoms with van der Waals surface area (Å²) in [6.07, 6.45) is 3.50. The molecule has 0 unspecified atom stereocenters. The maximum absolute atomic E-state index is 12.8. The molecule has 5 heteroatoms. The Bertz CT molecular complexity index is 665. The zero-order chi connectivity index (χ0) is 13.1. The largest absolute Gasteiger partial charge is 0.332 e. The molecule has 3 nitrogen and oxygen atoms in total. The first kappa shape index (κ1) is 11.8. The van der Waals surface area contributed by atoms with Gasteiger partial charge in [0.05, 0.1) is 5.69 Å². The number of thiazole rings is 1. The Labute approximate surface area is 113 Å². The molecule has 0 aliphatic carbocycles. The maximum atomic E-state index is 12.8. The summed E-state index contributed by atoms with van der Waals surface area (Å²) < 4.78 is 12.8. The Morgan fingerprint density at radius 3 is 2.68 bits per heavy atom. The summed E-state index contributed by atoms with van der Waals surface area (Å²) in [5.74, 6) is -0.249. The van der Waals surface area contributed by atoms with E-state index in [-0.39, 0.29) is 5.82 Å². The van der Waals surface area contributed by atoms with E-state index in [1.54, 1.807) is 24.5 Å². The lowest BCUT2D eigenvalue weighted by Crippen LogP contribution is -1.89. The van der Waals surface area contributed by atoms with Crippen molar-refractivity contribution in [1.82, 2.24) is 9.97 Å². The standard InChI is InChI=1S/C14H10FN3S/c15-11-3-5-12(6-4-11)17-14-18-13(9-19-14)10-2-1-7-16-8-10/h1-9H,(H,17,18). The quantitative estimate of drug-likeness (QED) is 0.779.